The van der Waals surface area contributed by atoms with E-state index in [9.17, 15) is 0 Å². The summed E-state index contributed by atoms with van der Waals surface area (Å²) >= 11 is 5.97. The van der Waals surface area contributed by atoms with Gasteiger partial charge in [-0.15, -0.1) is 11.6 Å². The Morgan fingerprint density at radius 2 is 1.86 bits per heavy atom. The quantitative estimate of drug-likeness (QED) is 0.643. The van der Waals surface area contributed by atoms with Gasteiger partial charge in [-0.2, -0.15) is 0 Å². The first kappa shape index (κ1) is 10.8. The van der Waals surface area contributed by atoms with E-state index in [1.165, 1.54) is 32.1 Å². The van der Waals surface area contributed by atoms with Gasteiger partial charge in [0.15, 0.2) is 0 Å². The molecule has 0 radical (unpaired) electrons. The molecule has 0 aromatic heterocycles. The second-order valence-electron chi connectivity index (χ2n) is 5.06. The van der Waals surface area contributed by atoms with Crippen molar-refractivity contribution in [3.8, 4) is 0 Å². The fraction of sp³-hybridized carbons (Fsp3) is 1.00. The smallest absolute Gasteiger partial charge is 0.0643 e. The predicted octanol–water partition coefficient (Wildman–Crippen LogP) is 3.46. The summed E-state index contributed by atoms with van der Waals surface area (Å²) in [7, 11) is 0. The van der Waals surface area contributed by atoms with Crippen molar-refractivity contribution < 1.29 is 4.74 Å². The first-order valence-corrected chi connectivity index (χ1v) is 6.52. The minimum Gasteiger partial charge on any atom is -0.378 e. The van der Waals surface area contributed by atoms with E-state index in [1.807, 2.05) is 0 Å². The number of alkyl halides is 1. The van der Waals surface area contributed by atoms with E-state index in [0.717, 1.165) is 24.3 Å². The second-order valence-corrected chi connectivity index (χ2v) is 5.37. The average Bonchev–Trinajstić information content (AvgIpc) is 2.67. The maximum Gasteiger partial charge on any atom is 0.0643 e. The highest BCUT2D eigenvalue weighted by atomic mass is 35.5. The zero-order valence-corrected chi connectivity index (χ0v) is 9.80. The van der Waals surface area contributed by atoms with Gasteiger partial charge in [-0.25, -0.2) is 0 Å². The molecule has 1 aliphatic heterocycles. The van der Waals surface area contributed by atoms with Crippen molar-refractivity contribution in [3.63, 3.8) is 0 Å². The number of halogens is 1. The SMILES string of the molecule is CC1CCC(C2OCCC2CCl)CC1. The first-order chi connectivity index (χ1) is 6.81. The Hall–Kier alpha value is 0.250. The fourth-order valence-electron chi connectivity index (χ4n) is 2.96. The molecule has 2 fully saturated rings. The van der Waals surface area contributed by atoms with Crippen LogP contribution in [0.4, 0.5) is 0 Å². The molecular formula is C12H21ClO. The largest absolute Gasteiger partial charge is 0.378 e. The Balaban J connectivity index is 1.88. The van der Waals surface area contributed by atoms with Gasteiger partial charge in [0.2, 0.25) is 0 Å². The third-order valence-electron chi connectivity index (χ3n) is 3.99. The molecule has 0 aromatic carbocycles. The molecule has 1 nitrogen and oxygen atoms in total. The van der Waals surface area contributed by atoms with E-state index in [1.54, 1.807) is 0 Å². The lowest BCUT2D eigenvalue weighted by Crippen LogP contribution is -2.30. The topological polar surface area (TPSA) is 9.23 Å². The lowest BCUT2D eigenvalue weighted by Gasteiger charge is -2.32. The molecule has 82 valence electrons. The normalized spacial score (nSPS) is 44.1. The van der Waals surface area contributed by atoms with Crippen LogP contribution in [0, 0.1) is 17.8 Å². The molecule has 1 saturated carbocycles. The van der Waals surface area contributed by atoms with Crippen molar-refractivity contribution in [1.29, 1.82) is 0 Å². The zero-order valence-electron chi connectivity index (χ0n) is 9.05. The van der Waals surface area contributed by atoms with Crippen molar-refractivity contribution in [2.24, 2.45) is 17.8 Å². The molecule has 0 amide bonds. The molecule has 0 bridgehead atoms. The Bertz CT molecular complexity index is 175. The van der Waals surface area contributed by atoms with Gasteiger partial charge in [0.25, 0.3) is 0 Å². The monoisotopic (exact) mass is 216 g/mol. The lowest BCUT2D eigenvalue weighted by molar-refractivity contribution is 0.0254. The summed E-state index contributed by atoms with van der Waals surface area (Å²) in [6, 6.07) is 0. The number of ether oxygens (including phenoxy) is 1. The summed E-state index contributed by atoms with van der Waals surface area (Å²) in [5.41, 5.74) is 0. The summed E-state index contributed by atoms with van der Waals surface area (Å²) < 4.78 is 5.85. The molecule has 0 aromatic rings. The van der Waals surface area contributed by atoms with Gasteiger partial charge in [0, 0.05) is 18.4 Å². The molecule has 2 unspecified atom stereocenters. The van der Waals surface area contributed by atoms with Crippen molar-refractivity contribution in [3.05, 3.63) is 0 Å². The Morgan fingerprint density at radius 1 is 1.14 bits per heavy atom. The molecule has 1 heterocycles. The van der Waals surface area contributed by atoms with Crippen LogP contribution in [0.5, 0.6) is 0 Å². The molecule has 0 N–H and O–H groups in total. The average molecular weight is 217 g/mol. The van der Waals surface area contributed by atoms with Crippen molar-refractivity contribution in [2.45, 2.75) is 45.1 Å². The summed E-state index contributed by atoms with van der Waals surface area (Å²) in [6.07, 6.45) is 7.16. The van der Waals surface area contributed by atoms with Gasteiger partial charge in [-0.1, -0.05) is 19.8 Å². The van der Waals surface area contributed by atoms with Crippen LogP contribution in [0.3, 0.4) is 0 Å². The number of rotatable bonds is 2. The third-order valence-corrected chi connectivity index (χ3v) is 4.38. The van der Waals surface area contributed by atoms with Crippen LogP contribution >= 0.6 is 11.6 Å². The summed E-state index contributed by atoms with van der Waals surface area (Å²) in [5.74, 6) is 3.16. The van der Waals surface area contributed by atoms with Gasteiger partial charge < -0.3 is 4.74 Å². The van der Waals surface area contributed by atoms with Crippen LogP contribution in [0.15, 0.2) is 0 Å². The molecule has 14 heavy (non-hydrogen) atoms. The van der Waals surface area contributed by atoms with Crippen LogP contribution in [0.2, 0.25) is 0 Å². The van der Waals surface area contributed by atoms with Crippen LogP contribution in [-0.4, -0.2) is 18.6 Å². The second kappa shape index (κ2) is 4.85. The Morgan fingerprint density at radius 3 is 2.50 bits per heavy atom. The molecule has 1 saturated heterocycles. The van der Waals surface area contributed by atoms with E-state index in [4.69, 9.17) is 16.3 Å². The Kier molecular flexibility index (Phi) is 3.73. The van der Waals surface area contributed by atoms with Crippen molar-refractivity contribution in [2.75, 3.05) is 12.5 Å². The predicted molar refractivity (Wildman–Crippen MR) is 59.7 cm³/mol. The summed E-state index contributed by atoms with van der Waals surface area (Å²) in [4.78, 5) is 0. The fourth-order valence-corrected chi connectivity index (χ4v) is 3.29. The molecule has 2 heteroatoms. The molecule has 0 spiro atoms. The number of hydrogen-bond donors (Lipinski definition) is 0. The summed E-state index contributed by atoms with van der Waals surface area (Å²) in [6.45, 7) is 3.30. The molecule has 2 rings (SSSR count). The van der Waals surface area contributed by atoms with Gasteiger partial charge in [-0.05, 0) is 31.1 Å². The maximum atomic E-state index is 5.97. The molecule has 2 aliphatic rings. The van der Waals surface area contributed by atoms with E-state index < -0.39 is 0 Å². The summed E-state index contributed by atoms with van der Waals surface area (Å²) in [5, 5.41) is 0. The minimum absolute atomic E-state index is 0.486. The van der Waals surface area contributed by atoms with Gasteiger partial charge >= 0.3 is 0 Å². The maximum absolute atomic E-state index is 5.97. The molecule has 1 aliphatic carbocycles. The molecule has 2 atom stereocenters. The highest BCUT2D eigenvalue weighted by Crippen LogP contribution is 2.37. The van der Waals surface area contributed by atoms with E-state index in [0.29, 0.717) is 12.0 Å². The van der Waals surface area contributed by atoms with Crippen molar-refractivity contribution >= 4 is 11.6 Å². The minimum atomic E-state index is 0.486. The van der Waals surface area contributed by atoms with Crippen LogP contribution in [0.25, 0.3) is 0 Å². The third kappa shape index (κ3) is 2.25. The highest BCUT2D eigenvalue weighted by molar-refractivity contribution is 6.18. The lowest BCUT2D eigenvalue weighted by atomic mass is 9.77. The van der Waals surface area contributed by atoms with Gasteiger partial charge in [-0.3, -0.25) is 0 Å². The van der Waals surface area contributed by atoms with Crippen LogP contribution in [0.1, 0.15) is 39.0 Å². The standard InChI is InChI=1S/C12H21ClO/c1-9-2-4-10(5-3-9)12-11(8-13)6-7-14-12/h9-12H,2-8H2,1H3. The zero-order chi connectivity index (χ0) is 9.97. The Labute approximate surface area is 92.2 Å². The van der Waals surface area contributed by atoms with Crippen LogP contribution in [-0.2, 0) is 4.74 Å². The van der Waals surface area contributed by atoms with Gasteiger partial charge in [0.05, 0.1) is 6.10 Å². The van der Waals surface area contributed by atoms with Crippen LogP contribution < -0.4 is 0 Å². The van der Waals surface area contributed by atoms with E-state index >= 15 is 0 Å². The molecular weight excluding hydrogens is 196 g/mol. The number of hydrogen-bond acceptors (Lipinski definition) is 1. The highest BCUT2D eigenvalue weighted by Gasteiger charge is 2.35. The first-order valence-electron chi connectivity index (χ1n) is 5.99. The van der Waals surface area contributed by atoms with Crippen molar-refractivity contribution in [1.82, 2.24) is 0 Å². The van der Waals surface area contributed by atoms with Gasteiger partial charge in [0.1, 0.15) is 0 Å². The van der Waals surface area contributed by atoms with E-state index in [2.05, 4.69) is 6.92 Å². The van der Waals surface area contributed by atoms with E-state index in [-0.39, 0.29) is 0 Å².